The number of nitrogens with two attached hydrogens (primary N) is 1. The number of anilines is 2. The molecule has 0 spiro atoms. The van der Waals surface area contributed by atoms with Crippen molar-refractivity contribution in [2.45, 2.75) is 58.0 Å². The average molecular weight is 554 g/mol. The molecule has 3 N–H and O–H groups in total. The van der Waals surface area contributed by atoms with Crippen LogP contribution in [0.2, 0.25) is 0 Å². The Kier molecular flexibility index (Phi) is 6.13. The fraction of sp³-hybridized carbons (Fsp3) is 0.407. The van der Waals surface area contributed by atoms with Crippen LogP contribution >= 0.6 is 11.3 Å². The second kappa shape index (κ2) is 9.29. The van der Waals surface area contributed by atoms with Crippen molar-refractivity contribution >= 4 is 43.3 Å². The minimum Gasteiger partial charge on any atom is -0.389 e. The molecule has 1 aromatic carbocycles. The van der Waals surface area contributed by atoms with Crippen LogP contribution in [-0.4, -0.2) is 45.8 Å². The molecule has 0 saturated carbocycles. The highest BCUT2D eigenvalue weighted by atomic mass is 32.1. The van der Waals surface area contributed by atoms with Crippen LogP contribution in [0.3, 0.4) is 0 Å². The first-order chi connectivity index (χ1) is 18.6. The van der Waals surface area contributed by atoms with Crippen LogP contribution < -0.4 is 16.0 Å². The highest BCUT2D eigenvalue weighted by molar-refractivity contribution is 7.23. The highest BCUT2D eigenvalue weighted by Crippen LogP contribution is 2.45. The number of nitrogens with zero attached hydrogens (tertiary/aromatic N) is 5. The van der Waals surface area contributed by atoms with Crippen LogP contribution in [0.5, 0.6) is 0 Å². The van der Waals surface area contributed by atoms with E-state index in [2.05, 4.69) is 20.3 Å². The van der Waals surface area contributed by atoms with Crippen molar-refractivity contribution < 1.29 is 17.9 Å². The third kappa shape index (κ3) is 3.99. The Morgan fingerprint density at radius 1 is 1.26 bits per heavy atom. The monoisotopic (exact) mass is 553 g/mol. The quantitative estimate of drug-likeness (QED) is 0.356. The first kappa shape index (κ1) is 25.7. The molecule has 12 heteroatoms. The summed E-state index contributed by atoms with van der Waals surface area (Å²) >= 11 is 0.931. The Labute approximate surface area is 226 Å². The Balaban J connectivity index is 1.52. The van der Waals surface area contributed by atoms with E-state index in [9.17, 15) is 14.0 Å². The molecule has 8 nitrogen and oxygen atoms in total. The predicted molar refractivity (Wildman–Crippen MR) is 144 cm³/mol. The van der Waals surface area contributed by atoms with Gasteiger partial charge < -0.3 is 20.7 Å². The maximum atomic E-state index is 16.5. The molecule has 0 unspecified atom stereocenters. The number of hydrogen-bond donors (Lipinski definition) is 2. The number of fused-ring (bicyclic) bond motifs is 4. The largest absolute Gasteiger partial charge is 0.389 e. The molecule has 4 aromatic rings. The SMILES string of the molecule is C[C@H]1[C@@H](NC(C)(C)CF)CCN1c1ncc2c3c(c(-c4ncc(F)c5sc(N)c(C#N)c45)c(F)c2n1)COC3. The van der Waals surface area contributed by atoms with Crippen molar-refractivity contribution in [3.63, 3.8) is 0 Å². The molecule has 2 atom stereocenters. The van der Waals surface area contributed by atoms with Crippen molar-refractivity contribution in [1.29, 1.82) is 5.26 Å². The summed E-state index contributed by atoms with van der Waals surface area (Å²) in [5, 5.41) is 14.0. The summed E-state index contributed by atoms with van der Waals surface area (Å²) in [5.74, 6) is -0.921. The Bertz CT molecular complexity index is 1680. The minimum atomic E-state index is -0.665. The number of nitrogens with one attached hydrogen (secondary N) is 1. The molecule has 2 aliphatic heterocycles. The number of rotatable bonds is 5. The normalized spacial score (nSPS) is 19.3. The molecule has 6 rings (SSSR count). The van der Waals surface area contributed by atoms with Crippen LogP contribution in [-0.2, 0) is 18.0 Å². The van der Waals surface area contributed by atoms with E-state index in [1.165, 1.54) is 0 Å². The highest BCUT2D eigenvalue weighted by Gasteiger charge is 2.36. The van der Waals surface area contributed by atoms with Crippen molar-refractivity contribution in [2.75, 3.05) is 23.9 Å². The number of nitriles is 1. The van der Waals surface area contributed by atoms with Gasteiger partial charge in [0.2, 0.25) is 5.95 Å². The van der Waals surface area contributed by atoms with Gasteiger partial charge in [0.05, 0.1) is 35.4 Å². The summed E-state index contributed by atoms with van der Waals surface area (Å²) in [6.07, 6.45) is 3.38. The van der Waals surface area contributed by atoms with Gasteiger partial charge in [-0.05, 0) is 38.3 Å². The van der Waals surface area contributed by atoms with E-state index in [1.807, 2.05) is 31.7 Å². The summed E-state index contributed by atoms with van der Waals surface area (Å²) in [6.45, 7) is 6.11. The third-order valence-corrected chi connectivity index (χ3v) is 8.68. The number of pyridine rings is 1. The fourth-order valence-corrected chi connectivity index (χ4v) is 6.55. The average Bonchev–Trinajstić information content (AvgIpc) is 3.63. The predicted octanol–water partition coefficient (Wildman–Crippen LogP) is 4.97. The number of thiophene rings is 1. The van der Waals surface area contributed by atoms with E-state index in [0.29, 0.717) is 23.4 Å². The van der Waals surface area contributed by atoms with Gasteiger partial charge in [0.1, 0.15) is 23.3 Å². The third-order valence-electron chi connectivity index (χ3n) is 7.65. The lowest BCUT2D eigenvalue weighted by Crippen LogP contribution is -2.51. The molecular weight excluding hydrogens is 527 g/mol. The van der Waals surface area contributed by atoms with Crippen LogP contribution in [0.1, 0.15) is 43.9 Å². The molecular formula is C27H26F3N7OS. The van der Waals surface area contributed by atoms with Gasteiger partial charge in [0.15, 0.2) is 11.6 Å². The van der Waals surface area contributed by atoms with Gasteiger partial charge in [-0.2, -0.15) is 5.26 Å². The van der Waals surface area contributed by atoms with Crippen molar-refractivity contribution in [1.82, 2.24) is 20.3 Å². The minimum absolute atomic E-state index is 0.00836. The zero-order valence-electron chi connectivity index (χ0n) is 21.6. The molecule has 0 aliphatic carbocycles. The lowest BCUT2D eigenvalue weighted by atomic mass is 9.94. The second-order valence-corrected chi connectivity index (χ2v) is 11.7. The molecule has 0 radical (unpaired) electrons. The molecule has 0 amide bonds. The number of nitrogen functional groups attached to an aromatic ring is 1. The number of benzene rings is 1. The zero-order chi connectivity index (χ0) is 27.6. The van der Waals surface area contributed by atoms with Gasteiger partial charge in [-0.3, -0.25) is 4.98 Å². The summed E-state index contributed by atoms with van der Waals surface area (Å²) < 4.78 is 50.5. The maximum absolute atomic E-state index is 16.5. The number of alkyl halides is 1. The topological polar surface area (TPSA) is 113 Å². The first-order valence-electron chi connectivity index (χ1n) is 12.6. The Morgan fingerprint density at radius 2 is 2.03 bits per heavy atom. The summed E-state index contributed by atoms with van der Waals surface area (Å²) in [7, 11) is 0. The Morgan fingerprint density at radius 3 is 2.77 bits per heavy atom. The standard InChI is InChI=1S/C27H26F3N7OS/c1-12-18(36-27(2,3)11-28)4-5-37(12)26-34-7-14-15-9-38-10-16(15)19(21(30)22(14)35-26)23-20-13(6-31)25(32)39-24(20)17(29)8-33-23/h7-8,12,18,36H,4-5,9-11,32H2,1-3H3/t12-,18-/m0/s1. The van der Waals surface area contributed by atoms with E-state index in [1.54, 1.807) is 6.20 Å². The summed E-state index contributed by atoms with van der Waals surface area (Å²) in [6, 6.07) is 1.97. The number of ether oxygens (including phenoxy) is 1. The lowest BCUT2D eigenvalue weighted by molar-refractivity contribution is 0.135. The van der Waals surface area contributed by atoms with Crippen molar-refractivity contribution in [3.8, 4) is 17.3 Å². The first-order valence-corrected chi connectivity index (χ1v) is 13.4. The lowest BCUT2D eigenvalue weighted by Gasteiger charge is -2.31. The summed E-state index contributed by atoms with van der Waals surface area (Å²) in [5.41, 5.74) is 7.05. The fourth-order valence-electron chi connectivity index (χ4n) is 5.63. The van der Waals surface area contributed by atoms with Crippen molar-refractivity contribution in [3.05, 3.63) is 40.7 Å². The Hall–Kier alpha value is -3.53. The van der Waals surface area contributed by atoms with E-state index >= 15 is 4.39 Å². The smallest absolute Gasteiger partial charge is 0.226 e. The molecule has 5 heterocycles. The van der Waals surface area contributed by atoms with Gasteiger partial charge in [-0.25, -0.2) is 23.1 Å². The van der Waals surface area contributed by atoms with Gasteiger partial charge >= 0.3 is 0 Å². The molecule has 1 saturated heterocycles. The van der Waals surface area contributed by atoms with E-state index in [4.69, 9.17) is 10.5 Å². The van der Waals surface area contributed by atoms with Crippen LogP contribution in [0.4, 0.5) is 24.1 Å². The van der Waals surface area contributed by atoms with Gasteiger partial charge in [0.25, 0.3) is 0 Å². The summed E-state index contributed by atoms with van der Waals surface area (Å²) in [4.78, 5) is 15.5. The van der Waals surface area contributed by atoms with Gasteiger partial charge in [-0.1, -0.05) is 0 Å². The molecule has 39 heavy (non-hydrogen) atoms. The molecule has 2 aliphatic rings. The number of hydrogen-bond acceptors (Lipinski definition) is 9. The molecule has 0 bridgehead atoms. The molecule has 202 valence electrons. The van der Waals surface area contributed by atoms with Crippen LogP contribution in [0.15, 0.2) is 12.4 Å². The van der Waals surface area contributed by atoms with Gasteiger partial charge in [0, 0.05) is 46.7 Å². The van der Waals surface area contributed by atoms with E-state index < -0.39 is 23.8 Å². The zero-order valence-corrected chi connectivity index (χ0v) is 22.4. The number of halogens is 3. The van der Waals surface area contributed by atoms with E-state index in [0.717, 1.165) is 29.5 Å². The van der Waals surface area contributed by atoms with Crippen LogP contribution in [0, 0.1) is 23.0 Å². The molecule has 3 aromatic heterocycles. The number of aromatic nitrogens is 3. The van der Waals surface area contributed by atoms with Gasteiger partial charge in [-0.15, -0.1) is 11.3 Å². The molecule has 1 fully saturated rings. The maximum Gasteiger partial charge on any atom is 0.226 e. The van der Waals surface area contributed by atoms with E-state index in [-0.39, 0.29) is 62.7 Å². The van der Waals surface area contributed by atoms with Crippen LogP contribution in [0.25, 0.3) is 32.2 Å². The second-order valence-electron chi connectivity index (χ2n) is 10.7. The van der Waals surface area contributed by atoms with Crippen molar-refractivity contribution in [2.24, 2.45) is 0 Å².